The molecule has 1 aliphatic heterocycles. The first-order chi connectivity index (χ1) is 11.3. The van der Waals surface area contributed by atoms with Crippen LogP contribution in [0.25, 0.3) is 0 Å². The van der Waals surface area contributed by atoms with Crippen molar-refractivity contribution in [3.05, 3.63) is 17.5 Å². The Morgan fingerprint density at radius 1 is 1.38 bits per heavy atom. The lowest BCUT2D eigenvalue weighted by Gasteiger charge is -2.25. The van der Waals surface area contributed by atoms with Crippen molar-refractivity contribution in [3.63, 3.8) is 0 Å². The summed E-state index contributed by atoms with van der Waals surface area (Å²) in [5, 5.41) is 7.09. The third kappa shape index (κ3) is 5.22. The van der Waals surface area contributed by atoms with Crippen molar-refractivity contribution >= 4 is 27.7 Å². The molecule has 9 heteroatoms. The number of aryl methyl sites for hydroxylation is 2. The number of hydrogen-bond donors (Lipinski definition) is 1. The summed E-state index contributed by atoms with van der Waals surface area (Å²) in [6, 6.07) is 1.91. The van der Waals surface area contributed by atoms with Crippen LogP contribution < -0.4 is 5.32 Å². The Morgan fingerprint density at radius 2 is 2.04 bits per heavy atom. The summed E-state index contributed by atoms with van der Waals surface area (Å²) >= 11 is 1.77. The van der Waals surface area contributed by atoms with Gasteiger partial charge in [0, 0.05) is 43.3 Å². The molecular formula is C15H26N4O3S2. The van der Waals surface area contributed by atoms with E-state index in [1.54, 1.807) is 11.8 Å². The van der Waals surface area contributed by atoms with E-state index in [0.29, 0.717) is 13.1 Å². The van der Waals surface area contributed by atoms with Gasteiger partial charge in [-0.15, -0.1) is 0 Å². The van der Waals surface area contributed by atoms with Crippen LogP contribution in [0, 0.1) is 13.8 Å². The maximum Gasteiger partial charge on any atom is 0.222 e. The van der Waals surface area contributed by atoms with Crippen LogP contribution in [0.4, 0.5) is 0 Å². The maximum absolute atomic E-state index is 12.2. The Kier molecular flexibility index (Phi) is 6.70. The number of hydrogen-bond acceptors (Lipinski definition) is 5. The van der Waals surface area contributed by atoms with E-state index in [1.165, 1.54) is 4.31 Å². The molecule has 0 unspecified atom stereocenters. The normalized spacial score (nSPS) is 17.6. The van der Waals surface area contributed by atoms with Gasteiger partial charge in [0.15, 0.2) is 0 Å². The van der Waals surface area contributed by atoms with E-state index in [-0.39, 0.29) is 30.7 Å². The average molecular weight is 375 g/mol. The lowest BCUT2D eigenvalue weighted by atomic mass is 10.2. The molecule has 1 saturated heterocycles. The minimum absolute atomic E-state index is 0.0440. The zero-order chi connectivity index (χ0) is 17.7. The number of sulfonamides is 1. The zero-order valence-corrected chi connectivity index (χ0v) is 16.1. The van der Waals surface area contributed by atoms with Gasteiger partial charge in [0.1, 0.15) is 0 Å². The molecule has 1 N–H and O–H groups in total. The van der Waals surface area contributed by atoms with Gasteiger partial charge in [-0.2, -0.15) is 16.9 Å². The van der Waals surface area contributed by atoms with E-state index in [9.17, 15) is 13.2 Å². The van der Waals surface area contributed by atoms with Crippen molar-refractivity contribution in [1.82, 2.24) is 19.4 Å². The van der Waals surface area contributed by atoms with Crippen LogP contribution in [0.3, 0.4) is 0 Å². The molecule has 0 radical (unpaired) electrons. The van der Waals surface area contributed by atoms with E-state index < -0.39 is 10.0 Å². The molecule has 2 rings (SSSR count). The fraction of sp³-hybridized carbons (Fsp3) is 0.733. The molecule has 0 aliphatic carbocycles. The van der Waals surface area contributed by atoms with Gasteiger partial charge in [0.2, 0.25) is 15.9 Å². The molecule has 24 heavy (non-hydrogen) atoms. The van der Waals surface area contributed by atoms with Crippen molar-refractivity contribution < 1.29 is 13.2 Å². The molecule has 1 aromatic rings. The highest BCUT2D eigenvalue weighted by molar-refractivity contribution is 7.99. The topological polar surface area (TPSA) is 84.3 Å². The lowest BCUT2D eigenvalue weighted by molar-refractivity contribution is -0.121. The van der Waals surface area contributed by atoms with Crippen LogP contribution in [-0.4, -0.2) is 65.3 Å². The summed E-state index contributed by atoms with van der Waals surface area (Å²) in [7, 11) is -3.28. The quantitative estimate of drug-likeness (QED) is 0.768. The molecule has 0 spiro atoms. The molecule has 0 aromatic carbocycles. The van der Waals surface area contributed by atoms with Gasteiger partial charge >= 0.3 is 0 Å². The molecule has 7 nitrogen and oxygen atoms in total. The van der Waals surface area contributed by atoms with Gasteiger partial charge in [-0.05, 0) is 26.8 Å². The highest BCUT2D eigenvalue weighted by atomic mass is 32.2. The van der Waals surface area contributed by atoms with Crippen LogP contribution >= 0.6 is 11.8 Å². The minimum Gasteiger partial charge on any atom is -0.355 e. The smallest absolute Gasteiger partial charge is 0.222 e. The molecule has 2 heterocycles. The van der Waals surface area contributed by atoms with Gasteiger partial charge in [-0.3, -0.25) is 9.48 Å². The summed E-state index contributed by atoms with van der Waals surface area (Å²) < 4.78 is 27.8. The molecule has 1 atom stereocenters. The highest BCUT2D eigenvalue weighted by Crippen LogP contribution is 2.15. The minimum atomic E-state index is -3.28. The molecule has 1 amide bonds. The second kappa shape index (κ2) is 8.35. The lowest BCUT2D eigenvalue weighted by Crippen LogP contribution is -2.42. The van der Waals surface area contributed by atoms with E-state index in [0.717, 1.165) is 22.9 Å². The Morgan fingerprint density at radius 3 is 2.62 bits per heavy atom. The van der Waals surface area contributed by atoms with E-state index in [1.807, 2.05) is 31.5 Å². The van der Waals surface area contributed by atoms with E-state index in [4.69, 9.17) is 0 Å². The van der Waals surface area contributed by atoms with E-state index >= 15 is 0 Å². The first-order valence-corrected chi connectivity index (χ1v) is 10.9. The van der Waals surface area contributed by atoms with Gasteiger partial charge in [0.25, 0.3) is 0 Å². The molecular weight excluding hydrogens is 348 g/mol. The monoisotopic (exact) mass is 374 g/mol. The average Bonchev–Trinajstić information content (AvgIpc) is 2.86. The first-order valence-electron chi connectivity index (χ1n) is 8.14. The third-order valence-corrected chi connectivity index (χ3v) is 6.80. The van der Waals surface area contributed by atoms with Crippen LogP contribution in [0.2, 0.25) is 0 Å². The molecule has 136 valence electrons. The number of nitrogens with one attached hydrogen (secondary N) is 1. The van der Waals surface area contributed by atoms with Crippen LogP contribution in [0.1, 0.15) is 30.8 Å². The molecule has 1 aromatic heterocycles. The number of carbonyl (C=O) groups is 1. The molecule has 1 fully saturated rings. The summed E-state index contributed by atoms with van der Waals surface area (Å²) in [5.41, 5.74) is 1.93. The van der Waals surface area contributed by atoms with Crippen LogP contribution in [0.5, 0.6) is 0 Å². The SMILES string of the molecule is Cc1cc(C)n([C@@H](C)CC(=O)NCCS(=O)(=O)N2CCSCC2)n1. The summed E-state index contributed by atoms with van der Waals surface area (Å²) in [6.07, 6.45) is 0.280. The van der Waals surface area contributed by atoms with Crippen LogP contribution in [-0.2, 0) is 14.8 Å². The number of rotatable bonds is 7. The molecule has 0 saturated carbocycles. The fourth-order valence-electron chi connectivity index (χ4n) is 2.79. The molecule has 1 aliphatic rings. The van der Waals surface area contributed by atoms with Crippen molar-refractivity contribution in [2.75, 3.05) is 36.9 Å². The number of thioether (sulfide) groups is 1. The third-order valence-electron chi connectivity index (χ3n) is 3.99. The zero-order valence-electron chi connectivity index (χ0n) is 14.5. The highest BCUT2D eigenvalue weighted by Gasteiger charge is 2.24. The largest absolute Gasteiger partial charge is 0.355 e. The number of nitrogens with zero attached hydrogens (tertiary/aromatic N) is 3. The summed E-state index contributed by atoms with van der Waals surface area (Å²) in [5.74, 6) is 1.48. The number of aromatic nitrogens is 2. The van der Waals surface area contributed by atoms with E-state index in [2.05, 4.69) is 10.4 Å². The first kappa shape index (κ1) is 19.3. The predicted octanol–water partition coefficient (Wildman–Crippen LogP) is 0.946. The Bertz CT molecular complexity index is 666. The van der Waals surface area contributed by atoms with Gasteiger partial charge in [-0.1, -0.05) is 0 Å². The standard InChI is InChI=1S/C15H26N4O3S2/c1-12-10-13(2)19(17-12)14(3)11-15(20)16-4-9-24(21,22)18-5-7-23-8-6-18/h10,14H,4-9,11H2,1-3H3,(H,16,20)/t14-/m0/s1. The van der Waals surface area contributed by atoms with Crippen molar-refractivity contribution in [1.29, 1.82) is 0 Å². The molecule has 0 bridgehead atoms. The second-order valence-electron chi connectivity index (χ2n) is 6.10. The maximum atomic E-state index is 12.2. The van der Waals surface area contributed by atoms with Crippen LogP contribution in [0.15, 0.2) is 6.07 Å². The Hall–Kier alpha value is -1.06. The second-order valence-corrected chi connectivity index (χ2v) is 9.42. The van der Waals surface area contributed by atoms with Crippen molar-refractivity contribution in [2.24, 2.45) is 0 Å². The summed E-state index contributed by atoms with van der Waals surface area (Å²) in [4.78, 5) is 12.0. The Balaban J connectivity index is 1.77. The van der Waals surface area contributed by atoms with Crippen molar-refractivity contribution in [2.45, 2.75) is 33.2 Å². The van der Waals surface area contributed by atoms with Gasteiger partial charge < -0.3 is 5.32 Å². The van der Waals surface area contributed by atoms with Crippen molar-refractivity contribution in [3.8, 4) is 0 Å². The number of carbonyl (C=O) groups excluding carboxylic acids is 1. The fourth-order valence-corrected chi connectivity index (χ4v) is 5.28. The predicted molar refractivity (Wildman–Crippen MR) is 96.7 cm³/mol. The summed E-state index contributed by atoms with van der Waals surface area (Å²) in [6.45, 7) is 7.08. The van der Waals surface area contributed by atoms with Gasteiger partial charge in [-0.25, -0.2) is 12.7 Å². The number of amides is 1. The Labute approximate surface area is 148 Å². The van der Waals surface area contributed by atoms with Gasteiger partial charge in [0.05, 0.1) is 17.5 Å².